The van der Waals surface area contributed by atoms with E-state index in [1.807, 2.05) is 0 Å². The molecule has 1 heterocycles. The van der Waals surface area contributed by atoms with Gasteiger partial charge in [0.1, 0.15) is 0 Å². The van der Waals surface area contributed by atoms with Crippen LogP contribution in [-0.2, 0) is 0 Å². The van der Waals surface area contributed by atoms with E-state index in [0.29, 0.717) is 0 Å². The normalized spacial score (nSPS) is 11.6. The van der Waals surface area contributed by atoms with Crippen LogP contribution in [0.4, 0.5) is 17.1 Å². The largest absolute Gasteiger partial charge is 0.310 e. The molecular weight excluding hydrogens is 677 g/mol. The summed E-state index contributed by atoms with van der Waals surface area (Å²) in [6.45, 7) is 0. The van der Waals surface area contributed by atoms with Gasteiger partial charge in [-0.15, -0.1) is 0 Å². The lowest BCUT2D eigenvalue weighted by atomic mass is 9.91. The summed E-state index contributed by atoms with van der Waals surface area (Å²) in [5.74, 6) is 0. The highest BCUT2D eigenvalue weighted by atomic mass is 15.1. The van der Waals surface area contributed by atoms with Gasteiger partial charge in [0.25, 0.3) is 0 Å². The molecule has 0 spiro atoms. The fourth-order valence-electron chi connectivity index (χ4n) is 8.79. The molecule has 0 atom stereocenters. The van der Waals surface area contributed by atoms with Crippen molar-refractivity contribution in [2.45, 2.75) is 0 Å². The Morgan fingerprint density at radius 2 is 0.839 bits per heavy atom. The first-order valence-corrected chi connectivity index (χ1v) is 19.3. The van der Waals surface area contributed by atoms with E-state index in [0.717, 1.165) is 22.7 Å². The van der Waals surface area contributed by atoms with E-state index >= 15 is 0 Å². The minimum absolute atomic E-state index is 1.09. The van der Waals surface area contributed by atoms with Gasteiger partial charge in [-0.25, -0.2) is 0 Å². The number of anilines is 3. The van der Waals surface area contributed by atoms with E-state index in [9.17, 15) is 0 Å². The van der Waals surface area contributed by atoms with Gasteiger partial charge in [-0.05, 0) is 115 Å². The lowest BCUT2D eigenvalue weighted by Gasteiger charge is -2.27. The smallest absolute Gasteiger partial charge is 0.0541 e. The highest BCUT2D eigenvalue weighted by Gasteiger charge is 2.18. The molecule has 11 aromatic rings. The summed E-state index contributed by atoms with van der Waals surface area (Å²) in [5, 5.41) is 10.0. The van der Waals surface area contributed by atoms with Crippen LogP contribution >= 0.6 is 0 Å². The Labute approximate surface area is 325 Å². The third-order valence-corrected chi connectivity index (χ3v) is 11.3. The molecular formula is C54H36N2. The van der Waals surface area contributed by atoms with Crippen molar-refractivity contribution in [3.8, 4) is 27.9 Å². The van der Waals surface area contributed by atoms with Gasteiger partial charge in [0, 0.05) is 33.5 Å². The van der Waals surface area contributed by atoms with Crippen molar-refractivity contribution in [1.29, 1.82) is 0 Å². The Morgan fingerprint density at radius 1 is 0.304 bits per heavy atom. The van der Waals surface area contributed by atoms with E-state index in [1.165, 1.54) is 76.4 Å². The summed E-state index contributed by atoms with van der Waals surface area (Å²) in [6.07, 6.45) is 0. The molecule has 56 heavy (non-hydrogen) atoms. The molecule has 0 aliphatic rings. The molecule has 0 radical (unpaired) electrons. The van der Waals surface area contributed by atoms with Crippen LogP contribution in [0.3, 0.4) is 0 Å². The Hall–Kier alpha value is -7.42. The summed E-state index contributed by atoms with van der Waals surface area (Å²) in [4.78, 5) is 2.40. The van der Waals surface area contributed by atoms with Crippen molar-refractivity contribution >= 4 is 71.2 Å². The van der Waals surface area contributed by atoms with Crippen molar-refractivity contribution in [2.24, 2.45) is 0 Å². The lowest BCUT2D eigenvalue weighted by Crippen LogP contribution is -2.10. The summed E-state index contributed by atoms with van der Waals surface area (Å²) >= 11 is 0. The van der Waals surface area contributed by atoms with Gasteiger partial charge in [-0.3, -0.25) is 0 Å². The van der Waals surface area contributed by atoms with Crippen LogP contribution in [0.2, 0.25) is 0 Å². The summed E-state index contributed by atoms with van der Waals surface area (Å²) in [7, 11) is 0. The number of aromatic nitrogens is 1. The number of para-hydroxylation sites is 2. The zero-order valence-electron chi connectivity index (χ0n) is 30.7. The molecule has 0 unspecified atom stereocenters. The molecule has 0 aliphatic heterocycles. The first kappa shape index (κ1) is 32.0. The number of fused-ring (bicyclic) bond motifs is 7. The summed E-state index contributed by atoms with van der Waals surface area (Å²) in [6, 6.07) is 79.5. The monoisotopic (exact) mass is 712 g/mol. The Kier molecular flexibility index (Phi) is 7.53. The van der Waals surface area contributed by atoms with Gasteiger partial charge < -0.3 is 9.47 Å². The van der Waals surface area contributed by atoms with Crippen LogP contribution in [0.15, 0.2) is 218 Å². The van der Waals surface area contributed by atoms with Gasteiger partial charge >= 0.3 is 0 Å². The molecule has 2 heteroatoms. The average Bonchev–Trinajstić information content (AvgIpc) is 3.61. The zero-order valence-corrected chi connectivity index (χ0v) is 30.7. The second-order valence-corrected chi connectivity index (χ2v) is 14.5. The SMILES string of the molecule is c1ccc(-c2cccc3cccc(-c4cccc(N(c5ccc(-n6c7ccccc7c7ccccc76)cc5)c5ccc6c(ccc7ccccc76)c5)c4)c23)cc1. The molecule has 0 N–H and O–H groups in total. The van der Waals surface area contributed by atoms with Crippen LogP contribution in [0.5, 0.6) is 0 Å². The number of hydrogen-bond acceptors (Lipinski definition) is 1. The van der Waals surface area contributed by atoms with Gasteiger partial charge in [0.15, 0.2) is 0 Å². The highest BCUT2D eigenvalue weighted by molar-refractivity contribution is 6.10. The molecule has 0 amide bonds. The van der Waals surface area contributed by atoms with Crippen molar-refractivity contribution in [3.63, 3.8) is 0 Å². The standard InChI is InChI=1S/C54H36N2/c1-2-13-37(14-3-1)48-23-11-16-39-17-12-24-49(54(39)48)40-18-10-19-44(35-40)55(45-33-34-47-41(36-45)28-27-38-15-4-5-20-46(38)47)42-29-31-43(32-30-42)56-52-25-8-6-21-50(52)51-22-7-9-26-53(51)56/h1-36H. The average molecular weight is 713 g/mol. The quantitative estimate of drug-likeness (QED) is 0.156. The molecule has 11 rings (SSSR count). The van der Waals surface area contributed by atoms with Gasteiger partial charge in [0.05, 0.1) is 11.0 Å². The fraction of sp³-hybridized carbons (Fsp3) is 0. The van der Waals surface area contributed by atoms with E-state index in [2.05, 4.69) is 228 Å². The van der Waals surface area contributed by atoms with Crippen molar-refractivity contribution in [2.75, 3.05) is 4.90 Å². The van der Waals surface area contributed by atoms with Crippen LogP contribution in [0.1, 0.15) is 0 Å². The van der Waals surface area contributed by atoms with Gasteiger partial charge in [0.2, 0.25) is 0 Å². The van der Waals surface area contributed by atoms with Crippen LogP contribution in [0.25, 0.3) is 82.1 Å². The lowest BCUT2D eigenvalue weighted by molar-refractivity contribution is 1.17. The fourth-order valence-corrected chi connectivity index (χ4v) is 8.79. The number of rotatable bonds is 6. The molecule has 0 aliphatic carbocycles. The molecule has 262 valence electrons. The molecule has 0 bridgehead atoms. The van der Waals surface area contributed by atoms with Crippen molar-refractivity contribution in [1.82, 2.24) is 4.57 Å². The van der Waals surface area contributed by atoms with Crippen molar-refractivity contribution < 1.29 is 0 Å². The topological polar surface area (TPSA) is 8.17 Å². The molecule has 0 fully saturated rings. The Balaban J connectivity index is 1.09. The van der Waals surface area contributed by atoms with Crippen LogP contribution in [-0.4, -0.2) is 4.57 Å². The van der Waals surface area contributed by atoms with E-state index < -0.39 is 0 Å². The third kappa shape index (κ3) is 5.26. The molecule has 0 saturated heterocycles. The van der Waals surface area contributed by atoms with Crippen LogP contribution < -0.4 is 4.90 Å². The molecule has 1 aromatic heterocycles. The number of nitrogens with zero attached hydrogens (tertiary/aromatic N) is 2. The second-order valence-electron chi connectivity index (χ2n) is 14.5. The molecule has 0 saturated carbocycles. The predicted octanol–water partition coefficient (Wildman–Crippen LogP) is 15.0. The second kappa shape index (κ2) is 13.2. The van der Waals surface area contributed by atoms with Crippen LogP contribution in [0, 0.1) is 0 Å². The Bertz CT molecular complexity index is 3190. The first-order valence-electron chi connectivity index (χ1n) is 19.3. The predicted molar refractivity (Wildman–Crippen MR) is 239 cm³/mol. The number of hydrogen-bond donors (Lipinski definition) is 0. The molecule has 2 nitrogen and oxygen atoms in total. The highest BCUT2D eigenvalue weighted by Crippen LogP contribution is 2.42. The van der Waals surface area contributed by atoms with E-state index in [4.69, 9.17) is 0 Å². The minimum atomic E-state index is 1.09. The maximum atomic E-state index is 2.40. The summed E-state index contributed by atoms with van der Waals surface area (Å²) < 4.78 is 2.38. The minimum Gasteiger partial charge on any atom is -0.310 e. The third-order valence-electron chi connectivity index (χ3n) is 11.3. The van der Waals surface area contributed by atoms with Gasteiger partial charge in [-0.2, -0.15) is 0 Å². The van der Waals surface area contributed by atoms with E-state index in [1.54, 1.807) is 0 Å². The van der Waals surface area contributed by atoms with Crippen molar-refractivity contribution in [3.05, 3.63) is 218 Å². The van der Waals surface area contributed by atoms with E-state index in [-0.39, 0.29) is 0 Å². The first-order chi connectivity index (χ1) is 27.8. The van der Waals surface area contributed by atoms with Gasteiger partial charge in [-0.1, -0.05) is 158 Å². The summed E-state index contributed by atoms with van der Waals surface area (Å²) in [5.41, 5.74) is 11.7. The zero-order chi connectivity index (χ0) is 37.0. The Morgan fingerprint density at radius 3 is 1.59 bits per heavy atom. The maximum Gasteiger partial charge on any atom is 0.0541 e. The maximum absolute atomic E-state index is 2.40. The number of benzene rings is 10. The molecule has 10 aromatic carbocycles.